The fraction of sp³-hybridized carbons (Fsp3) is 0.667. The molecule has 1 N–H and O–H groups in total. The number of rotatable bonds is 4. The van der Waals surface area contributed by atoms with Crippen LogP contribution in [-0.2, 0) is 9.09 Å². The van der Waals surface area contributed by atoms with E-state index in [0.717, 1.165) is 25.1 Å². The molecule has 2 aliphatic carbocycles. The Morgan fingerprint density at radius 3 is 3.25 bits per heavy atom. The first-order chi connectivity index (χ1) is 7.45. The topological polar surface area (TPSA) is 46.5 Å². The Morgan fingerprint density at radius 2 is 2.56 bits per heavy atom. The highest BCUT2D eigenvalue weighted by Crippen LogP contribution is 2.53. The van der Waals surface area contributed by atoms with Crippen molar-refractivity contribution in [3.63, 3.8) is 0 Å². The van der Waals surface area contributed by atoms with Crippen molar-refractivity contribution in [2.45, 2.75) is 32.6 Å². The zero-order valence-electron chi connectivity index (χ0n) is 9.69. The molecule has 0 amide bonds. The molecule has 0 radical (unpaired) electrons. The molecule has 4 heteroatoms. The summed E-state index contributed by atoms with van der Waals surface area (Å²) in [6.07, 6.45) is 6.57. The monoisotopic (exact) mass is 242 g/mol. The van der Waals surface area contributed by atoms with E-state index in [-0.39, 0.29) is 5.41 Å². The minimum Gasteiger partial charge on any atom is -0.321 e. The molecule has 0 saturated heterocycles. The van der Waals surface area contributed by atoms with Gasteiger partial charge in [-0.25, -0.2) is 0 Å². The van der Waals surface area contributed by atoms with E-state index >= 15 is 0 Å². The minimum absolute atomic E-state index is 0.0778. The van der Waals surface area contributed by atoms with Gasteiger partial charge in [-0.2, -0.15) is 0 Å². The highest BCUT2D eigenvalue weighted by molar-refractivity contribution is 7.56. The Bertz CT molecular complexity index is 374. The first kappa shape index (κ1) is 12.1. The molecule has 3 atom stereocenters. The molecule has 0 aromatic heterocycles. The maximum Gasteiger partial charge on any atom is 0.351 e. The minimum atomic E-state index is -3.56. The lowest BCUT2D eigenvalue weighted by molar-refractivity contribution is 0.103. The van der Waals surface area contributed by atoms with Crippen LogP contribution in [0.3, 0.4) is 0 Å². The molecule has 90 valence electrons. The summed E-state index contributed by atoms with van der Waals surface area (Å²) >= 11 is 0. The van der Waals surface area contributed by atoms with Crippen LogP contribution >= 0.6 is 7.60 Å². The van der Waals surface area contributed by atoms with Gasteiger partial charge in [-0.05, 0) is 31.6 Å². The lowest BCUT2D eigenvalue weighted by atomic mass is 9.72. The van der Waals surface area contributed by atoms with E-state index in [9.17, 15) is 9.46 Å². The van der Waals surface area contributed by atoms with Crippen LogP contribution in [0.4, 0.5) is 0 Å². The van der Waals surface area contributed by atoms with E-state index in [1.54, 1.807) is 0 Å². The molecule has 16 heavy (non-hydrogen) atoms. The smallest absolute Gasteiger partial charge is 0.321 e. The molecule has 1 saturated carbocycles. The summed E-state index contributed by atoms with van der Waals surface area (Å²) in [6, 6.07) is 0. The fourth-order valence-electron chi connectivity index (χ4n) is 3.01. The van der Waals surface area contributed by atoms with Crippen LogP contribution in [0, 0.1) is 11.3 Å². The van der Waals surface area contributed by atoms with Crippen LogP contribution in [0.25, 0.3) is 0 Å². The maximum atomic E-state index is 11.4. The zero-order valence-corrected chi connectivity index (χ0v) is 10.6. The molecule has 0 spiro atoms. The van der Waals surface area contributed by atoms with Gasteiger partial charge in [0.25, 0.3) is 0 Å². The van der Waals surface area contributed by atoms with Crippen molar-refractivity contribution in [2.24, 2.45) is 11.3 Å². The molecular formula is C12H19O3P. The van der Waals surface area contributed by atoms with E-state index in [1.807, 2.05) is 0 Å². The van der Waals surface area contributed by atoms with Gasteiger partial charge < -0.3 is 9.42 Å². The quantitative estimate of drug-likeness (QED) is 0.606. The average molecular weight is 242 g/mol. The molecule has 1 fully saturated rings. The Balaban J connectivity index is 2.00. The van der Waals surface area contributed by atoms with Gasteiger partial charge in [0.2, 0.25) is 0 Å². The van der Waals surface area contributed by atoms with Crippen molar-refractivity contribution in [2.75, 3.05) is 6.61 Å². The number of hydrogen-bond acceptors (Lipinski definition) is 2. The van der Waals surface area contributed by atoms with E-state index in [4.69, 9.17) is 4.52 Å². The van der Waals surface area contributed by atoms with Crippen molar-refractivity contribution < 1.29 is 14.0 Å². The summed E-state index contributed by atoms with van der Waals surface area (Å²) in [5, 5.41) is 0. The second kappa shape index (κ2) is 4.14. The third kappa shape index (κ3) is 2.48. The molecule has 0 heterocycles. The highest BCUT2D eigenvalue weighted by atomic mass is 31.2. The Hall–Kier alpha value is -0.370. The molecule has 3 unspecified atom stereocenters. The summed E-state index contributed by atoms with van der Waals surface area (Å²) < 4.78 is 16.5. The molecule has 0 aromatic carbocycles. The third-order valence-electron chi connectivity index (χ3n) is 3.60. The van der Waals surface area contributed by atoms with Gasteiger partial charge in [-0.1, -0.05) is 25.2 Å². The number of hydrogen-bond donors (Lipinski definition) is 1. The lowest BCUT2D eigenvalue weighted by Crippen LogP contribution is -2.29. The van der Waals surface area contributed by atoms with Crippen molar-refractivity contribution in [1.82, 2.24) is 0 Å². The lowest BCUT2D eigenvalue weighted by Gasteiger charge is -2.36. The van der Waals surface area contributed by atoms with Crippen LogP contribution in [0.5, 0.6) is 0 Å². The van der Waals surface area contributed by atoms with Gasteiger partial charge in [-0.15, -0.1) is 0 Å². The predicted molar refractivity (Wildman–Crippen MR) is 64.1 cm³/mol. The Morgan fingerprint density at radius 1 is 1.81 bits per heavy atom. The summed E-state index contributed by atoms with van der Waals surface area (Å²) in [6.45, 7) is 5.93. The van der Waals surface area contributed by atoms with E-state index < -0.39 is 7.60 Å². The molecule has 2 rings (SSSR count). The van der Waals surface area contributed by atoms with Crippen LogP contribution in [0.1, 0.15) is 32.6 Å². The molecule has 2 aliphatic rings. The Labute approximate surface area is 96.7 Å². The van der Waals surface area contributed by atoms with Crippen molar-refractivity contribution in [3.8, 4) is 0 Å². The summed E-state index contributed by atoms with van der Waals surface area (Å²) in [5.74, 6) is 1.67. The Kier molecular flexibility index (Phi) is 3.13. The summed E-state index contributed by atoms with van der Waals surface area (Å²) in [5.41, 5.74) is 1.57. The number of fused-ring (bicyclic) bond motifs is 2. The fourth-order valence-corrected chi connectivity index (χ4v) is 3.57. The third-order valence-corrected chi connectivity index (χ3v) is 4.56. The second-order valence-electron chi connectivity index (χ2n) is 5.28. The maximum absolute atomic E-state index is 11.4. The van der Waals surface area contributed by atoms with Crippen molar-refractivity contribution in [1.29, 1.82) is 0 Å². The molecule has 3 nitrogen and oxygen atoms in total. The van der Waals surface area contributed by atoms with Crippen molar-refractivity contribution >= 4 is 7.60 Å². The van der Waals surface area contributed by atoms with E-state index in [2.05, 4.69) is 19.6 Å². The standard InChI is InChI=1S/C12H19O3P/c1-3-16(13,14)15-9-12-5-4-11(8-12)6-10(2)7-12/h3-4,10H,1,5-9H2,2H3,(H,13,14). The van der Waals surface area contributed by atoms with Crippen molar-refractivity contribution in [3.05, 3.63) is 24.0 Å². The van der Waals surface area contributed by atoms with Gasteiger partial charge in [0.15, 0.2) is 0 Å². The predicted octanol–water partition coefficient (Wildman–Crippen LogP) is 3.47. The van der Waals surface area contributed by atoms with Crippen LogP contribution in [0.15, 0.2) is 24.0 Å². The summed E-state index contributed by atoms with van der Waals surface area (Å²) in [7, 11) is -3.56. The van der Waals surface area contributed by atoms with Gasteiger partial charge in [0.05, 0.1) is 6.61 Å². The SMILES string of the molecule is C=CP(=O)(O)OCC12CC=C(CC(C)C1)C2. The molecule has 0 aliphatic heterocycles. The zero-order chi connectivity index (χ0) is 11.8. The van der Waals surface area contributed by atoms with E-state index in [0.29, 0.717) is 12.5 Å². The molecular weight excluding hydrogens is 223 g/mol. The van der Waals surface area contributed by atoms with Gasteiger partial charge in [0.1, 0.15) is 0 Å². The average Bonchev–Trinajstić information content (AvgIpc) is 2.53. The second-order valence-corrected chi connectivity index (χ2v) is 7.03. The number of allylic oxidation sites excluding steroid dienone is 2. The summed E-state index contributed by atoms with van der Waals surface area (Å²) in [4.78, 5) is 9.34. The van der Waals surface area contributed by atoms with Gasteiger partial charge in [-0.3, -0.25) is 4.57 Å². The van der Waals surface area contributed by atoms with Gasteiger partial charge in [0, 0.05) is 11.2 Å². The first-order valence-corrected chi connectivity index (χ1v) is 7.38. The van der Waals surface area contributed by atoms with Crippen LogP contribution in [0.2, 0.25) is 0 Å². The van der Waals surface area contributed by atoms with E-state index in [1.165, 1.54) is 12.0 Å². The molecule has 2 bridgehead atoms. The normalized spacial score (nSPS) is 36.6. The van der Waals surface area contributed by atoms with Crippen LogP contribution < -0.4 is 0 Å². The van der Waals surface area contributed by atoms with Crippen LogP contribution in [-0.4, -0.2) is 11.5 Å². The first-order valence-electron chi connectivity index (χ1n) is 5.73. The molecule has 0 aromatic rings. The van der Waals surface area contributed by atoms with Gasteiger partial charge >= 0.3 is 7.60 Å². The largest absolute Gasteiger partial charge is 0.351 e. The highest BCUT2D eigenvalue weighted by Gasteiger charge is 2.41.